The maximum atomic E-state index is 2.37. The molecule has 0 aliphatic heterocycles. The normalized spacial score (nSPS) is 30.2. The van der Waals surface area contributed by atoms with E-state index in [9.17, 15) is 0 Å². The number of fused-ring (bicyclic) bond motifs is 2. The number of hydrogen-bond donors (Lipinski definition) is 0. The Morgan fingerprint density at radius 1 is 0.636 bits per heavy atom. The van der Waals surface area contributed by atoms with Crippen LogP contribution in [-0.2, 0) is 5.41 Å². The molecular formula is C22H16. The fourth-order valence-corrected chi connectivity index (χ4v) is 4.16. The van der Waals surface area contributed by atoms with Crippen LogP contribution >= 0.6 is 0 Å². The van der Waals surface area contributed by atoms with Gasteiger partial charge >= 0.3 is 0 Å². The third-order valence-corrected chi connectivity index (χ3v) is 5.30. The molecule has 0 aromatic heterocycles. The van der Waals surface area contributed by atoms with Gasteiger partial charge in [0.15, 0.2) is 0 Å². The summed E-state index contributed by atoms with van der Waals surface area (Å²) in [6.07, 6.45) is 22.7. The van der Waals surface area contributed by atoms with Crippen LogP contribution < -0.4 is 0 Å². The minimum absolute atomic E-state index is 0.0635. The summed E-state index contributed by atoms with van der Waals surface area (Å²) in [5, 5.41) is 2.62. The van der Waals surface area contributed by atoms with Gasteiger partial charge in [-0.2, -0.15) is 0 Å². The Kier molecular flexibility index (Phi) is 2.17. The summed E-state index contributed by atoms with van der Waals surface area (Å²) in [6.45, 7) is 0. The molecule has 0 atom stereocenters. The van der Waals surface area contributed by atoms with Crippen molar-refractivity contribution in [2.75, 3.05) is 0 Å². The smallest absolute Gasteiger partial charge is 0.0485 e. The third-order valence-electron chi connectivity index (χ3n) is 5.30. The highest BCUT2D eigenvalue weighted by molar-refractivity contribution is 5.88. The van der Waals surface area contributed by atoms with E-state index in [-0.39, 0.29) is 10.8 Å². The average Bonchev–Trinajstić information content (AvgIpc) is 2.59. The zero-order valence-electron chi connectivity index (χ0n) is 12.2. The Balaban J connectivity index is 1.90. The maximum Gasteiger partial charge on any atom is 0.0485 e. The molecule has 0 heteroatoms. The zero-order valence-corrected chi connectivity index (χ0v) is 12.2. The Bertz CT molecular complexity index is 908. The molecule has 2 aromatic carbocycles. The van der Waals surface area contributed by atoms with Gasteiger partial charge in [-0.05, 0) is 34.0 Å². The van der Waals surface area contributed by atoms with Crippen molar-refractivity contribution in [1.29, 1.82) is 0 Å². The lowest BCUT2D eigenvalue weighted by atomic mass is 9.53. The second-order valence-electron chi connectivity index (χ2n) is 6.36. The maximum absolute atomic E-state index is 2.37. The Morgan fingerprint density at radius 2 is 1.27 bits per heavy atom. The lowest BCUT2D eigenvalue weighted by Gasteiger charge is -2.48. The molecule has 0 heterocycles. The number of rotatable bonds is 0. The van der Waals surface area contributed by atoms with E-state index in [1.54, 1.807) is 0 Å². The molecule has 0 unspecified atom stereocenters. The molecule has 5 rings (SSSR count). The molecule has 22 heavy (non-hydrogen) atoms. The molecule has 0 nitrogen and oxygen atoms in total. The van der Waals surface area contributed by atoms with Crippen molar-refractivity contribution in [2.24, 2.45) is 5.41 Å². The molecule has 0 fully saturated rings. The van der Waals surface area contributed by atoms with Crippen LogP contribution in [0.25, 0.3) is 16.8 Å². The third kappa shape index (κ3) is 1.33. The summed E-state index contributed by atoms with van der Waals surface area (Å²) in [5.41, 5.74) is 2.57. The van der Waals surface area contributed by atoms with Gasteiger partial charge in [0, 0.05) is 10.8 Å². The molecule has 3 aliphatic rings. The van der Waals surface area contributed by atoms with E-state index < -0.39 is 0 Å². The first-order valence-electron chi connectivity index (χ1n) is 7.80. The molecule has 0 amide bonds. The SMILES string of the molecule is C1=CC23C=CC=CC2(C=C1)c1cc2ccccc2cc1C=C3. The lowest BCUT2D eigenvalue weighted by Crippen LogP contribution is -2.43. The second-order valence-corrected chi connectivity index (χ2v) is 6.36. The van der Waals surface area contributed by atoms with Crippen molar-refractivity contribution in [2.45, 2.75) is 5.41 Å². The highest BCUT2D eigenvalue weighted by Gasteiger charge is 2.49. The van der Waals surface area contributed by atoms with Crippen LogP contribution in [0.3, 0.4) is 0 Å². The monoisotopic (exact) mass is 280 g/mol. The number of benzene rings is 2. The Hall–Kier alpha value is -2.60. The number of allylic oxidation sites excluding steroid dienone is 9. The first-order valence-corrected chi connectivity index (χ1v) is 7.80. The first-order chi connectivity index (χ1) is 10.8. The lowest BCUT2D eigenvalue weighted by molar-refractivity contribution is 0.430. The standard InChI is InChI=1S/C22H16/c1-2-8-18-16-20-19(15-17(18)7-1)9-14-21-10-3-5-12-22(20,21)13-6-4-11-21/h1-16H. The summed E-state index contributed by atoms with van der Waals surface area (Å²) in [4.78, 5) is 0. The van der Waals surface area contributed by atoms with Crippen molar-refractivity contribution in [3.8, 4) is 0 Å². The van der Waals surface area contributed by atoms with Gasteiger partial charge in [-0.15, -0.1) is 0 Å². The van der Waals surface area contributed by atoms with Crippen molar-refractivity contribution >= 4 is 16.8 Å². The van der Waals surface area contributed by atoms with Crippen LogP contribution in [0.1, 0.15) is 11.1 Å². The van der Waals surface area contributed by atoms with Crippen LogP contribution in [-0.4, -0.2) is 0 Å². The van der Waals surface area contributed by atoms with Crippen molar-refractivity contribution in [3.63, 3.8) is 0 Å². The van der Waals surface area contributed by atoms with Gasteiger partial charge in [0.05, 0.1) is 0 Å². The zero-order chi connectivity index (χ0) is 14.6. The first kappa shape index (κ1) is 12.0. The highest BCUT2D eigenvalue weighted by atomic mass is 14.5. The minimum Gasteiger partial charge on any atom is -0.0693 e. The van der Waals surface area contributed by atoms with Gasteiger partial charge in [-0.3, -0.25) is 0 Å². The summed E-state index contributed by atoms with van der Waals surface area (Å²) >= 11 is 0. The van der Waals surface area contributed by atoms with Gasteiger partial charge in [0.1, 0.15) is 0 Å². The molecule has 0 N–H and O–H groups in total. The molecule has 0 saturated heterocycles. The Morgan fingerprint density at radius 3 is 2.00 bits per heavy atom. The average molecular weight is 280 g/mol. The molecule has 0 spiro atoms. The van der Waals surface area contributed by atoms with E-state index in [1.807, 2.05) is 0 Å². The molecule has 2 aromatic rings. The van der Waals surface area contributed by atoms with Crippen molar-refractivity contribution in [3.05, 3.63) is 102 Å². The van der Waals surface area contributed by atoms with Gasteiger partial charge in [-0.25, -0.2) is 0 Å². The largest absolute Gasteiger partial charge is 0.0693 e. The van der Waals surface area contributed by atoms with E-state index in [4.69, 9.17) is 0 Å². The fourth-order valence-electron chi connectivity index (χ4n) is 4.16. The highest BCUT2D eigenvalue weighted by Crippen LogP contribution is 2.55. The summed E-state index contributed by atoms with van der Waals surface area (Å²) < 4.78 is 0. The molecule has 0 bridgehead atoms. The van der Waals surface area contributed by atoms with Gasteiger partial charge in [0.2, 0.25) is 0 Å². The van der Waals surface area contributed by atoms with E-state index >= 15 is 0 Å². The second kappa shape index (κ2) is 3.98. The molecule has 3 aliphatic carbocycles. The van der Waals surface area contributed by atoms with Gasteiger partial charge in [-0.1, -0.05) is 85.0 Å². The van der Waals surface area contributed by atoms with Crippen LogP contribution in [0.2, 0.25) is 0 Å². The molecule has 0 saturated carbocycles. The van der Waals surface area contributed by atoms with Crippen molar-refractivity contribution in [1.82, 2.24) is 0 Å². The predicted octanol–water partition coefficient (Wildman–Crippen LogP) is 5.34. The summed E-state index contributed by atoms with van der Waals surface area (Å²) in [6, 6.07) is 13.3. The summed E-state index contributed by atoms with van der Waals surface area (Å²) in [7, 11) is 0. The van der Waals surface area contributed by atoms with Crippen LogP contribution in [0, 0.1) is 5.41 Å². The van der Waals surface area contributed by atoms with E-state index in [0.717, 1.165) is 0 Å². The number of hydrogen-bond acceptors (Lipinski definition) is 0. The predicted molar refractivity (Wildman–Crippen MR) is 93.7 cm³/mol. The van der Waals surface area contributed by atoms with Crippen LogP contribution in [0.4, 0.5) is 0 Å². The molecule has 0 radical (unpaired) electrons. The minimum atomic E-state index is -0.0926. The fraction of sp³-hybridized carbons (Fsp3) is 0.0909. The quantitative estimate of drug-likeness (QED) is 0.611. The van der Waals surface area contributed by atoms with E-state index in [2.05, 4.69) is 97.2 Å². The van der Waals surface area contributed by atoms with Gasteiger partial charge in [0.25, 0.3) is 0 Å². The van der Waals surface area contributed by atoms with E-state index in [1.165, 1.54) is 21.9 Å². The van der Waals surface area contributed by atoms with E-state index in [0.29, 0.717) is 0 Å². The summed E-state index contributed by atoms with van der Waals surface area (Å²) in [5.74, 6) is 0. The van der Waals surface area contributed by atoms with Gasteiger partial charge < -0.3 is 0 Å². The molecule has 104 valence electrons. The van der Waals surface area contributed by atoms with Crippen LogP contribution in [0.5, 0.6) is 0 Å². The van der Waals surface area contributed by atoms with Crippen LogP contribution in [0.15, 0.2) is 91.1 Å². The van der Waals surface area contributed by atoms with Crippen molar-refractivity contribution < 1.29 is 0 Å². The molecular weight excluding hydrogens is 264 g/mol. The Labute approximate surface area is 130 Å². The topological polar surface area (TPSA) is 0 Å².